The standard InChI is InChI=1S/C12H20O4Si/c1-14-11(13)8-5-6-9-10(8)7-15-12(9)16-17(2,3)4/h5,9-10,12H,6-7H2,1-4H3/t9-,10+,12-/m0/s1. The average Bonchev–Trinajstić information content (AvgIpc) is 2.78. The molecule has 17 heavy (non-hydrogen) atoms. The van der Waals surface area contributed by atoms with E-state index >= 15 is 0 Å². The van der Waals surface area contributed by atoms with Crippen molar-refractivity contribution in [2.24, 2.45) is 11.8 Å². The van der Waals surface area contributed by atoms with Crippen LogP contribution in [0.4, 0.5) is 0 Å². The lowest BCUT2D eigenvalue weighted by Crippen LogP contribution is -2.35. The second kappa shape index (κ2) is 4.55. The van der Waals surface area contributed by atoms with Crippen LogP contribution in [0, 0.1) is 11.8 Å². The Morgan fingerprint density at radius 1 is 1.47 bits per heavy atom. The Hall–Kier alpha value is -0.653. The first kappa shape index (κ1) is 12.8. The number of allylic oxidation sites excluding steroid dienone is 1. The van der Waals surface area contributed by atoms with Gasteiger partial charge in [0, 0.05) is 17.4 Å². The lowest BCUT2D eigenvalue weighted by atomic mass is 9.94. The summed E-state index contributed by atoms with van der Waals surface area (Å²) in [5.41, 5.74) is 0.763. The quantitative estimate of drug-likeness (QED) is 0.572. The third-order valence-corrected chi connectivity index (χ3v) is 4.15. The second-order valence-corrected chi connectivity index (χ2v) is 10.0. The number of methoxy groups -OCH3 is 1. The van der Waals surface area contributed by atoms with E-state index in [9.17, 15) is 4.79 Å². The maximum Gasteiger partial charge on any atom is 0.333 e. The van der Waals surface area contributed by atoms with Crippen LogP contribution in [0.2, 0.25) is 19.6 Å². The van der Waals surface area contributed by atoms with Gasteiger partial charge >= 0.3 is 5.97 Å². The number of hydrogen-bond donors (Lipinski definition) is 0. The molecule has 2 rings (SSSR count). The summed E-state index contributed by atoms with van der Waals surface area (Å²) in [5, 5.41) is 0. The van der Waals surface area contributed by atoms with Crippen LogP contribution in [-0.4, -0.2) is 34.3 Å². The van der Waals surface area contributed by atoms with Crippen LogP contribution < -0.4 is 0 Å². The summed E-state index contributed by atoms with van der Waals surface area (Å²) in [4.78, 5) is 11.6. The van der Waals surface area contributed by atoms with Crippen molar-refractivity contribution >= 4 is 14.3 Å². The van der Waals surface area contributed by atoms with Gasteiger partial charge in [-0.1, -0.05) is 6.08 Å². The van der Waals surface area contributed by atoms with Crippen LogP contribution in [0.3, 0.4) is 0 Å². The van der Waals surface area contributed by atoms with Crippen molar-refractivity contribution in [3.63, 3.8) is 0 Å². The topological polar surface area (TPSA) is 44.8 Å². The molecule has 1 aliphatic heterocycles. The van der Waals surface area contributed by atoms with Gasteiger partial charge in [0.15, 0.2) is 14.6 Å². The molecule has 0 amide bonds. The highest BCUT2D eigenvalue weighted by Crippen LogP contribution is 2.42. The van der Waals surface area contributed by atoms with E-state index < -0.39 is 8.32 Å². The van der Waals surface area contributed by atoms with Gasteiger partial charge in [0.25, 0.3) is 0 Å². The Morgan fingerprint density at radius 2 is 2.18 bits per heavy atom. The lowest BCUT2D eigenvalue weighted by Gasteiger charge is -2.26. The molecule has 0 saturated carbocycles. The Bertz CT molecular complexity index is 345. The highest BCUT2D eigenvalue weighted by atomic mass is 28.4. The van der Waals surface area contributed by atoms with Crippen molar-refractivity contribution in [1.29, 1.82) is 0 Å². The van der Waals surface area contributed by atoms with Crippen molar-refractivity contribution in [3.05, 3.63) is 11.6 Å². The number of fused-ring (bicyclic) bond motifs is 1. The van der Waals surface area contributed by atoms with E-state index in [1.165, 1.54) is 7.11 Å². The maximum atomic E-state index is 11.6. The molecule has 4 nitrogen and oxygen atoms in total. The molecule has 0 aromatic rings. The van der Waals surface area contributed by atoms with Crippen molar-refractivity contribution < 1.29 is 18.7 Å². The van der Waals surface area contributed by atoms with Crippen LogP contribution in [0.15, 0.2) is 11.6 Å². The number of ether oxygens (including phenoxy) is 2. The molecule has 1 fully saturated rings. The predicted molar refractivity (Wildman–Crippen MR) is 65.9 cm³/mol. The molecule has 0 aromatic heterocycles. The molecule has 1 saturated heterocycles. The lowest BCUT2D eigenvalue weighted by molar-refractivity contribution is -0.136. The van der Waals surface area contributed by atoms with E-state index in [4.69, 9.17) is 13.9 Å². The number of carbonyl (C=O) groups is 1. The summed E-state index contributed by atoms with van der Waals surface area (Å²) in [6.45, 7) is 7.01. The van der Waals surface area contributed by atoms with E-state index in [2.05, 4.69) is 19.6 Å². The normalized spacial score (nSPS) is 32.2. The molecule has 3 atom stereocenters. The molecule has 0 spiro atoms. The molecule has 2 aliphatic rings. The Labute approximate surface area is 103 Å². The maximum absolute atomic E-state index is 11.6. The van der Waals surface area contributed by atoms with Gasteiger partial charge in [-0.2, -0.15) is 0 Å². The fourth-order valence-corrected chi connectivity index (χ4v) is 3.41. The first-order valence-corrected chi connectivity index (χ1v) is 9.41. The first-order chi connectivity index (χ1) is 7.92. The highest BCUT2D eigenvalue weighted by Gasteiger charge is 2.46. The third kappa shape index (κ3) is 2.61. The van der Waals surface area contributed by atoms with Gasteiger partial charge in [0.05, 0.1) is 13.7 Å². The molecule has 1 aliphatic carbocycles. The summed E-state index contributed by atoms with van der Waals surface area (Å²) in [6.07, 6.45) is 2.68. The van der Waals surface area contributed by atoms with E-state index in [-0.39, 0.29) is 24.1 Å². The van der Waals surface area contributed by atoms with Crippen molar-refractivity contribution in [1.82, 2.24) is 0 Å². The van der Waals surface area contributed by atoms with Crippen LogP contribution in [-0.2, 0) is 18.7 Å². The fourth-order valence-electron chi connectivity index (χ4n) is 2.47. The van der Waals surface area contributed by atoms with Crippen molar-refractivity contribution in [2.45, 2.75) is 32.4 Å². The molecule has 5 heteroatoms. The highest BCUT2D eigenvalue weighted by molar-refractivity contribution is 6.69. The molecule has 0 unspecified atom stereocenters. The third-order valence-electron chi connectivity index (χ3n) is 3.21. The molecule has 0 aromatic carbocycles. The smallest absolute Gasteiger partial charge is 0.333 e. The zero-order chi connectivity index (χ0) is 12.6. The minimum atomic E-state index is -1.60. The van der Waals surface area contributed by atoms with E-state index in [1.54, 1.807) is 0 Å². The molecule has 0 radical (unpaired) electrons. The number of rotatable bonds is 3. The number of carbonyl (C=O) groups excluding carboxylic acids is 1. The Balaban J connectivity index is 2.02. The minimum Gasteiger partial charge on any atom is -0.466 e. The van der Waals surface area contributed by atoms with Gasteiger partial charge in [-0.25, -0.2) is 4.79 Å². The second-order valence-electron chi connectivity index (χ2n) is 5.59. The van der Waals surface area contributed by atoms with Crippen molar-refractivity contribution in [2.75, 3.05) is 13.7 Å². The molecule has 96 valence electrons. The molecular weight excluding hydrogens is 236 g/mol. The van der Waals surface area contributed by atoms with Gasteiger partial charge in [-0.05, 0) is 26.1 Å². The van der Waals surface area contributed by atoms with Crippen LogP contribution >= 0.6 is 0 Å². The van der Waals surface area contributed by atoms with Crippen molar-refractivity contribution in [3.8, 4) is 0 Å². The van der Waals surface area contributed by atoms with Crippen LogP contribution in [0.5, 0.6) is 0 Å². The fraction of sp³-hybridized carbons (Fsp3) is 0.750. The zero-order valence-electron chi connectivity index (χ0n) is 10.9. The SMILES string of the molecule is COC(=O)C1=CC[C@@H]2[C@H](O[Si](C)(C)C)OC[C@H]12. The van der Waals surface area contributed by atoms with Crippen LogP contribution in [0.1, 0.15) is 6.42 Å². The largest absolute Gasteiger partial charge is 0.466 e. The van der Waals surface area contributed by atoms with E-state index in [0.717, 1.165) is 12.0 Å². The number of esters is 1. The molecular formula is C12H20O4Si. The van der Waals surface area contributed by atoms with Gasteiger partial charge in [-0.15, -0.1) is 0 Å². The summed E-state index contributed by atoms with van der Waals surface area (Å²) in [7, 11) is -0.185. The monoisotopic (exact) mass is 256 g/mol. The number of hydrogen-bond acceptors (Lipinski definition) is 4. The molecule has 0 bridgehead atoms. The Morgan fingerprint density at radius 3 is 2.76 bits per heavy atom. The van der Waals surface area contributed by atoms with E-state index in [1.807, 2.05) is 6.08 Å². The summed E-state index contributed by atoms with van der Waals surface area (Å²) >= 11 is 0. The average molecular weight is 256 g/mol. The first-order valence-electron chi connectivity index (χ1n) is 6.00. The Kier molecular flexibility index (Phi) is 3.42. The molecule has 0 N–H and O–H groups in total. The zero-order valence-corrected chi connectivity index (χ0v) is 11.9. The summed E-state index contributed by atoms with van der Waals surface area (Å²) in [6, 6.07) is 0. The minimum absolute atomic E-state index is 0.148. The van der Waals surface area contributed by atoms with Gasteiger partial charge in [0.1, 0.15) is 0 Å². The van der Waals surface area contributed by atoms with Gasteiger partial charge < -0.3 is 13.9 Å². The molecule has 1 heterocycles. The van der Waals surface area contributed by atoms with Gasteiger partial charge in [0.2, 0.25) is 0 Å². The van der Waals surface area contributed by atoms with Crippen LogP contribution in [0.25, 0.3) is 0 Å². The summed E-state index contributed by atoms with van der Waals surface area (Å²) in [5.74, 6) is 0.217. The van der Waals surface area contributed by atoms with Gasteiger partial charge in [-0.3, -0.25) is 0 Å². The predicted octanol–water partition coefficient (Wildman–Crippen LogP) is 1.93. The van der Waals surface area contributed by atoms with E-state index in [0.29, 0.717) is 6.61 Å². The summed E-state index contributed by atoms with van der Waals surface area (Å²) < 4.78 is 16.5.